The molecule has 0 heterocycles. The van der Waals surface area contributed by atoms with E-state index >= 15 is 0 Å². The number of benzene rings is 1. The number of hydrogen-bond donors (Lipinski definition) is 1. The lowest BCUT2D eigenvalue weighted by Gasteiger charge is -2.21. The van der Waals surface area contributed by atoms with Gasteiger partial charge in [-0.3, -0.25) is 0 Å². The van der Waals surface area contributed by atoms with Gasteiger partial charge in [-0.15, -0.1) is 0 Å². The number of oxime groups is 1. The van der Waals surface area contributed by atoms with Gasteiger partial charge in [0.05, 0.1) is 0 Å². The van der Waals surface area contributed by atoms with E-state index in [9.17, 15) is 0 Å². The molecule has 0 fully saturated rings. The van der Waals surface area contributed by atoms with Gasteiger partial charge < -0.3 is 10.1 Å². The average molecular weight is 271 g/mol. The van der Waals surface area contributed by atoms with Gasteiger partial charge in [0.25, 0.3) is 0 Å². The van der Waals surface area contributed by atoms with Crippen molar-refractivity contribution in [3.05, 3.63) is 34.3 Å². The minimum Gasteiger partial charge on any atom is -0.409 e. The summed E-state index contributed by atoms with van der Waals surface area (Å²) in [6.07, 6.45) is 0. The summed E-state index contributed by atoms with van der Waals surface area (Å²) < 4.78 is 1.02. The topological polar surface area (TPSA) is 35.8 Å². The molecule has 82 valence electrons. The van der Waals surface area contributed by atoms with Crippen LogP contribution in [0.3, 0.4) is 0 Å². The third-order valence-electron chi connectivity index (χ3n) is 2.26. The normalized spacial score (nSPS) is 11.5. The van der Waals surface area contributed by atoms with Crippen LogP contribution in [0.1, 0.15) is 19.4 Å². The maximum absolute atomic E-state index is 9.02. The van der Waals surface area contributed by atoms with E-state index in [1.807, 2.05) is 43.0 Å². The minimum absolute atomic E-state index is 0.618. The SMILES string of the molecule is CCN(CC)C(=NO)c1ccc(Br)cc1. The minimum atomic E-state index is 0.618. The molecule has 1 aromatic rings. The molecule has 0 atom stereocenters. The molecule has 0 aliphatic heterocycles. The van der Waals surface area contributed by atoms with E-state index in [0.717, 1.165) is 23.1 Å². The Bertz CT molecular complexity index is 331. The molecule has 0 saturated heterocycles. The van der Waals surface area contributed by atoms with Gasteiger partial charge in [-0.2, -0.15) is 0 Å². The Balaban J connectivity index is 2.97. The first-order valence-corrected chi connectivity index (χ1v) is 5.75. The zero-order valence-corrected chi connectivity index (χ0v) is 10.5. The van der Waals surface area contributed by atoms with Gasteiger partial charge in [0.1, 0.15) is 0 Å². The molecule has 0 aliphatic rings. The molecule has 0 unspecified atom stereocenters. The zero-order valence-electron chi connectivity index (χ0n) is 8.94. The van der Waals surface area contributed by atoms with E-state index in [1.165, 1.54) is 0 Å². The fourth-order valence-corrected chi connectivity index (χ4v) is 1.69. The highest BCUT2D eigenvalue weighted by Gasteiger charge is 2.10. The summed E-state index contributed by atoms with van der Waals surface area (Å²) in [6, 6.07) is 7.73. The Kier molecular flexibility index (Phi) is 4.62. The van der Waals surface area contributed by atoms with Gasteiger partial charge in [-0.05, 0) is 26.0 Å². The lowest BCUT2D eigenvalue weighted by atomic mass is 10.2. The van der Waals surface area contributed by atoms with Gasteiger partial charge in [0, 0.05) is 23.1 Å². The molecule has 0 saturated carbocycles. The summed E-state index contributed by atoms with van der Waals surface area (Å²) in [6.45, 7) is 5.72. The molecular formula is C11H15BrN2O. The molecule has 0 aliphatic carbocycles. The fourth-order valence-electron chi connectivity index (χ4n) is 1.43. The molecule has 1 aromatic carbocycles. The Morgan fingerprint density at radius 3 is 2.20 bits per heavy atom. The maximum atomic E-state index is 9.02. The summed E-state index contributed by atoms with van der Waals surface area (Å²) in [5.41, 5.74) is 0.921. The van der Waals surface area contributed by atoms with E-state index in [2.05, 4.69) is 21.1 Å². The lowest BCUT2D eigenvalue weighted by molar-refractivity contribution is 0.304. The predicted octanol–water partition coefficient (Wildman–Crippen LogP) is 2.93. The second kappa shape index (κ2) is 5.75. The summed E-state index contributed by atoms with van der Waals surface area (Å²) in [5.74, 6) is 0.618. The van der Waals surface area contributed by atoms with Crippen LogP contribution in [-0.4, -0.2) is 29.0 Å². The van der Waals surface area contributed by atoms with E-state index in [4.69, 9.17) is 5.21 Å². The molecule has 15 heavy (non-hydrogen) atoms. The molecule has 0 amide bonds. The molecule has 0 radical (unpaired) electrons. The highest BCUT2D eigenvalue weighted by atomic mass is 79.9. The number of nitrogens with zero attached hydrogens (tertiary/aromatic N) is 2. The van der Waals surface area contributed by atoms with Crippen molar-refractivity contribution in [2.24, 2.45) is 5.16 Å². The van der Waals surface area contributed by atoms with E-state index < -0.39 is 0 Å². The van der Waals surface area contributed by atoms with Crippen molar-refractivity contribution in [1.82, 2.24) is 4.90 Å². The van der Waals surface area contributed by atoms with Crippen LogP contribution in [0.5, 0.6) is 0 Å². The van der Waals surface area contributed by atoms with Crippen molar-refractivity contribution in [1.29, 1.82) is 0 Å². The van der Waals surface area contributed by atoms with Gasteiger partial charge >= 0.3 is 0 Å². The molecule has 0 spiro atoms. The highest BCUT2D eigenvalue weighted by molar-refractivity contribution is 9.10. The third kappa shape index (κ3) is 2.96. The van der Waals surface area contributed by atoms with Crippen LogP contribution in [0.15, 0.2) is 33.9 Å². The Labute approximate surface area is 98.5 Å². The van der Waals surface area contributed by atoms with Crippen molar-refractivity contribution in [3.8, 4) is 0 Å². The third-order valence-corrected chi connectivity index (χ3v) is 2.79. The maximum Gasteiger partial charge on any atom is 0.175 e. The number of halogens is 1. The van der Waals surface area contributed by atoms with Crippen LogP contribution in [0.4, 0.5) is 0 Å². The molecule has 3 nitrogen and oxygen atoms in total. The molecule has 4 heteroatoms. The number of hydrogen-bond acceptors (Lipinski definition) is 2. The first-order valence-electron chi connectivity index (χ1n) is 4.95. The largest absolute Gasteiger partial charge is 0.409 e. The van der Waals surface area contributed by atoms with Crippen molar-refractivity contribution < 1.29 is 5.21 Å². The van der Waals surface area contributed by atoms with Crippen molar-refractivity contribution in [3.63, 3.8) is 0 Å². The van der Waals surface area contributed by atoms with Crippen LogP contribution < -0.4 is 0 Å². The summed E-state index contributed by atoms with van der Waals surface area (Å²) in [4.78, 5) is 2.00. The van der Waals surface area contributed by atoms with Crippen LogP contribution in [0.2, 0.25) is 0 Å². The first-order chi connectivity index (χ1) is 7.22. The second-order valence-corrected chi connectivity index (χ2v) is 4.02. The van der Waals surface area contributed by atoms with Gasteiger partial charge in [0.2, 0.25) is 0 Å². The Morgan fingerprint density at radius 1 is 1.27 bits per heavy atom. The van der Waals surface area contributed by atoms with Crippen LogP contribution in [0, 0.1) is 0 Å². The van der Waals surface area contributed by atoms with Crippen molar-refractivity contribution in [2.75, 3.05) is 13.1 Å². The van der Waals surface area contributed by atoms with Crippen LogP contribution in [0.25, 0.3) is 0 Å². The highest BCUT2D eigenvalue weighted by Crippen LogP contribution is 2.12. The van der Waals surface area contributed by atoms with Crippen molar-refractivity contribution in [2.45, 2.75) is 13.8 Å². The zero-order chi connectivity index (χ0) is 11.3. The molecule has 0 aromatic heterocycles. The average Bonchev–Trinajstić information content (AvgIpc) is 2.27. The van der Waals surface area contributed by atoms with Crippen molar-refractivity contribution >= 4 is 21.8 Å². The van der Waals surface area contributed by atoms with E-state index in [0.29, 0.717) is 5.84 Å². The summed E-state index contributed by atoms with van der Waals surface area (Å²) in [7, 11) is 0. The summed E-state index contributed by atoms with van der Waals surface area (Å²) >= 11 is 3.37. The number of amidine groups is 1. The van der Waals surface area contributed by atoms with Gasteiger partial charge in [0.15, 0.2) is 5.84 Å². The molecule has 1 N–H and O–H groups in total. The van der Waals surface area contributed by atoms with Gasteiger partial charge in [-0.25, -0.2) is 0 Å². The first kappa shape index (κ1) is 12.0. The van der Waals surface area contributed by atoms with E-state index in [1.54, 1.807) is 0 Å². The predicted molar refractivity (Wildman–Crippen MR) is 65.4 cm³/mol. The van der Waals surface area contributed by atoms with Crippen LogP contribution in [-0.2, 0) is 0 Å². The van der Waals surface area contributed by atoms with Crippen LogP contribution >= 0.6 is 15.9 Å². The monoisotopic (exact) mass is 270 g/mol. The molecule has 1 rings (SSSR count). The molecule has 0 bridgehead atoms. The Hall–Kier alpha value is -1.03. The van der Waals surface area contributed by atoms with E-state index in [-0.39, 0.29) is 0 Å². The van der Waals surface area contributed by atoms with Gasteiger partial charge in [-0.1, -0.05) is 33.2 Å². The quantitative estimate of drug-likeness (QED) is 0.397. The lowest BCUT2D eigenvalue weighted by Crippen LogP contribution is -2.31. The fraction of sp³-hybridized carbons (Fsp3) is 0.364. The smallest absolute Gasteiger partial charge is 0.175 e. The standard InChI is InChI=1S/C11H15BrN2O/c1-3-14(4-2)11(13-15)9-5-7-10(12)8-6-9/h5-8,15H,3-4H2,1-2H3. The second-order valence-electron chi connectivity index (χ2n) is 3.10. The molecular weight excluding hydrogens is 256 g/mol. The Morgan fingerprint density at radius 2 is 1.80 bits per heavy atom. The number of rotatable bonds is 3. The summed E-state index contributed by atoms with van der Waals surface area (Å²) in [5, 5.41) is 12.4.